The van der Waals surface area contributed by atoms with Crippen molar-refractivity contribution in [3.05, 3.63) is 36.9 Å². The Morgan fingerprint density at radius 2 is 2.05 bits per heavy atom. The maximum Gasteiger partial charge on any atom is 0.0602 e. The van der Waals surface area contributed by atoms with Gasteiger partial charge in [-0.15, -0.1) is 6.58 Å². The molecule has 1 saturated heterocycles. The van der Waals surface area contributed by atoms with Crippen LogP contribution in [0.1, 0.15) is 19.3 Å². The maximum atomic E-state index is 9.21. The standard InChI is InChI=1S/C16H24N2O/c1-2-3-10-17-15-6-4-5-7-16(15)18-11-8-14(13-19)9-12-18/h2,4-7,14,17,19H,1,3,8-13H2. The summed E-state index contributed by atoms with van der Waals surface area (Å²) in [7, 11) is 0. The Kier molecular flexibility index (Phi) is 5.28. The van der Waals surface area contributed by atoms with Gasteiger partial charge in [-0.2, -0.15) is 0 Å². The Labute approximate surface area is 115 Å². The fourth-order valence-electron chi connectivity index (χ4n) is 2.56. The van der Waals surface area contributed by atoms with Crippen molar-refractivity contribution < 1.29 is 5.11 Å². The molecule has 0 bridgehead atoms. The van der Waals surface area contributed by atoms with Crippen LogP contribution in [-0.4, -0.2) is 31.3 Å². The number of rotatable bonds is 6. The number of nitrogens with one attached hydrogen (secondary N) is 1. The van der Waals surface area contributed by atoms with E-state index in [1.54, 1.807) is 0 Å². The molecule has 19 heavy (non-hydrogen) atoms. The van der Waals surface area contributed by atoms with E-state index in [0.29, 0.717) is 12.5 Å². The molecule has 1 aromatic carbocycles. The Morgan fingerprint density at radius 3 is 2.74 bits per heavy atom. The Bertz CT molecular complexity index is 397. The van der Waals surface area contributed by atoms with Gasteiger partial charge in [-0.1, -0.05) is 18.2 Å². The van der Waals surface area contributed by atoms with Crippen LogP contribution in [0.5, 0.6) is 0 Å². The topological polar surface area (TPSA) is 35.5 Å². The van der Waals surface area contributed by atoms with E-state index >= 15 is 0 Å². The molecule has 0 aromatic heterocycles. The van der Waals surface area contributed by atoms with Crippen LogP contribution in [0.2, 0.25) is 0 Å². The van der Waals surface area contributed by atoms with Gasteiger partial charge in [-0.3, -0.25) is 0 Å². The van der Waals surface area contributed by atoms with Gasteiger partial charge < -0.3 is 15.3 Å². The molecule has 3 heteroatoms. The molecule has 2 rings (SSSR count). The highest BCUT2D eigenvalue weighted by Crippen LogP contribution is 2.29. The van der Waals surface area contributed by atoms with Crippen LogP contribution in [0.25, 0.3) is 0 Å². The predicted octanol–water partition coefficient (Wildman–Crippen LogP) is 2.88. The summed E-state index contributed by atoms with van der Waals surface area (Å²) >= 11 is 0. The van der Waals surface area contributed by atoms with E-state index in [9.17, 15) is 5.11 Å². The summed E-state index contributed by atoms with van der Waals surface area (Å²) in [5.41, 5.74) is 2.48. The Balaban J connectivity index is 2.01. The minimum absolute atomic E-state index is 0.326. The predicted molar refractivity (Wildman–Crippen MR) is 81.8 cm³/mol. The normalized spacial score (nSPS) is 16.4. The second-order valence-corrected chi connectivity index (χ2v) is 5.13. The molecule has 1 aliphatic rings. The number of piperidine rings is 1. The molecular weight excluding hydrogens is 236 g/mol. The van der Waals surface area contributed by atoms with Gasteiger partial charge in [0.2, 0.25) is 0 Å². The number of benzene rings is 1. The van der Waals surface area contributed by atoms with Gasteiger partial charge >= 0.3 is 0 Å². The van der Waals surface area contributed by atoms with Crippen LogP contribution >= 0.6 is 0 Å². The monoisotopic (exact) mass is 260 g/mol. The largest absolute Gasteiger partial charge is 0.396 e. The highest BCUT2D eigenvalue weighted by molar-refractivity contribution is 5.70. The number of aliphatic hydroxyl groups excluding tert-OH is 1. The summed E-state index contributed by atoms with van der Waals surface area (Å²) in [5.74, 6) is 0.483. The maximum absolute atomic E-state index is 9.21. The number of anilines is 2. The summed E-state index contributed by atoms with van der Waals surface area (Å²) in [6.45, 7) is 7.06. The summed E-state index contributed by atoms with van der Waals surface area (Å²) < 4.78 is 0. The molecule has 0 saturated carbocycles. The molecule has 1 aliphatic heterocycles. The van der Waals surface area contributed by atoms with Gasteiger partial charge in [0.1, 0.15) is 0 Å². The first-order chi connectivity index (χ1) is 9.35. The summed E-state index contributed by atoms with van der Waals surface area (Å²) in [6, 6.07) is 8.47. The minimum atomic E-state index is 0.326. The third kappa shape index (κ3) is 3.74. The minimum Gasteiger partial charge on any atom is -0.396 e. The van der Waals surface area contributed by atoms with E-state index in [1.807, 2.05) is 6.08 Å². The van der Waals surface area contributed by atoms with Crippen molar-refractivity contribution in [1.82, 2.24) is 0 Å². The SMILES string of the molecule is C=CCCNc1ccccc1N1CCC(CO)CC1. The molecule has 0 amide bonds. The smallest absolute Gasteiger partial charge is 0.0602 e. The highest BCUT2D eigenvalue weighted by Gasteiger charge is 2.20. The van der Waals surface area contributed by atoms with E-state index in [0.717, 1.165) is 38.9 Å². The molecule has 1 heterocycles. The zero-order valence-electron chi connectivity index (χ0n) is 11.5. The van der Waals surface area contributed by atoms with Crippen LogP contribution in [0, 0.1) is 5.92 Å². The van der Waals surface area contributed by atoms with Crippen molar-refractivity contribution in [1.29, 1.82) is 0 Å². The lowest BCUT2D eigenvalue weighted by Gasteiger charge is -2.34. The van der Waals surface area contributed by atoms with Gasteiger partial charge in [0.05, 0.1) is 11.4 Å². The molecule has 0 aliphatic carbocycles. The summed E-state index contributed by atoms with van der Waals surface area (Å²) in [4.78, 5) is 2.42. The van der Waals surface area contributed by atoms with Crippen molar-refractivity contribution in [3.8, 4) is 0 Å². The zero-order chi connectivity index (χ0) is 13.5. The van der Waals surface area contributed by atoms with Crippen molar-refractivity contribution >= 4 is 11.4 Å². The zero-order valence-corrected chi connectivity index (χ0v) is 11.5. The molecule has 0 unspecified atom stereocenters. The van der Waals surface area contributed by atoms with Crippen LogP contribution < -0.4 is 10.2 Å². The van der Waals surface area contributed by atoms with Gasteiger partial charge in [0.15, 0.2) is 0 Å². The summed E-state index contributed by atoms with van der Waals surface area (Å²) in [5, 5.41) is 12.7. The second-order valence-electron chi connectivity index (χ2n) is 5.13. The summed E-state index contributed by atoms with van der Waals surface area (Å²) in [6.07, 6.45) is 5.07. The quantitative estimate of drug-likeness (QED) is 0.610. The van der Waals surface area contributed by atoms with Gasteiger partial charge in [0.25, 0.3) is 0 Å². The average molecular weight is 260 g/mol. The lowest BCUT2D eigenvalue weighted by atomic mass is 9.97. The van der Waals surface area contributed by atoms with Crippen molar-refractivity contribution in [2.45, 2.75) is 19.3 Å². The van der Waals surface area contributed by atoms with Gasteiger partial charge in [-0.05, 0) is 37.3 Å². The highest BCUT2D eigenvalue weighted by atomic mass is 16.3. The molecule has 0 radical (unpaired) electrons. The Hall–Kier alpha value is -1.48. The van der Waals surface area contributed by atoms with Crippen LogP contribution in [-0.2, 0) is 0 Å². The van der Waals surface area contributed by atoms with Crippen molar-refractivity contribution in [2.24, 2.45) is 5.92 Å². The molecule has 1 fully saturated rings. The van der Waals surface area contributed by atoms with E-state index in [2.05, 4.69) is 41.1 Å². The number of aliphatic hydroxyl groups is 1. The van der Waals surface area contributed by atoms with E-state index in [4.69, 9.17) is 0 Å². The third-order valence-corrected chi connectivity index (χ3v) is 3.78. The van der Waals surface area contributed by atoms with Crippen molar-refractivity contribution in [3.63, 3.8) is 0 Å². The fraction of sp³-hybridized carbons (Fsp3) is 0.500. The first-order valence-electron chi connectivity index (χ1n) is 7.14. The van der Waals surface area contributed by atoms with Gasteiger partial charge in [0, 0.05) is 26.2 Å². The molecule has 3 nitrogen and oxygen atoms in total. The third-order valence-electron chi connectivity index (χ3n) is 3.78. The molecular formula is C16H24N2O. The van der Waals surface area contributed by atoms with Crippen LogP contribution in [0.4, 0.5) is 11.4 Å². The van der Waals surface area contributed by atoms with Gasteiger partial charge in [-0.25, -0.2) is 0 Å². The lowest BCUT2D eigenvalue weighted by molar-refractivity contribution is 0.203. The first kappa shape index (κ1) is 13.9. The second kappa shape index (κ2) is 7.19. The molecule has 2 N–H and O–H groups in total. The molecule has 104 valence electrons. The van der Waals surface area contributed by atoms with E-state index in [-0.39, 0.29) is 0 Å². The van der Waals surface area contributed by atoms with Crippen LogP contribution in [0.3, 0.4) is 0 Å². The average Bonchev–Trinajstić information content (AvgIpc) is 2.48. The number of para-hydroxylation sites is 2. The molecule has 0 spiro atoms. The van der Waals surface area contributed by atoms with E-state index < -0.39 is 0 Å². The first-order valence-corrected chi connectivity index (χ1v) is 7.14. The number of nitrogens with zero attached hydrogens (tertiary/aromatic N) is 1. The van der Waals surface area contributed by atoms with Crippen LogP contribution in [0.15, 0.2) is 36.9 Å². The molecule has 0 atom stereocenters. The lowest BCUT2D eigenvalue weighted by Crippen LogP contribution is -2.35. The van der Waals surface area contributed by atoms with Crippen molar-refractivity contribution in [2.75, 3.05) is 36.5 Å². The van der Waals surface area contributed by atoms with E-state index in [1.165, 1.54) is 11.4 Å². The number of hydrogen-bond donors (Lipinski definition) is 2. The fourth-order valence-corrected chi connectivity index (χ4v) is 2.56. The number of hydrogen-bond acceptors (Lipinski definition) is 3. The molecule has 1 aromatic rings. The Morgan fingerprint density at radius 1 is 1.32 bits per heavy atom.